The molecular formula is C19H20ClN5OS. The van der Waals surface area contributed by atoms with Crippen molar-refractivity contribution in [2.75, 3.05) is 12.9 Å². The summed E-state index contributed by atoms with van der Waals surface area (Å²) in [5.41, 5.74) is 1.85. The number of hydrogen-bond acceptors (Lipinski definition) is 5. The van der Waals surface area contributed by atoms with Crippen molar-refractivity contribution in [2.45, 2.75) is 23.9 Å². The van der Waals surface area contributed by atoms with E-state index in [1.165, 1.54) is 16.4 Å². The lowest BCUT2D eigenvalue weighted by molar-refractivity contribution is -0.129. The average molecular weight is 402 g/mol. The van der Waals surface area contributed by atoms with Crippen LogP contribution in [0.2, 0.25) is 5.02 Å². The minimum atomic E-state index is -0.350. The zero-order valence-corrected chi connectivity index (χ0v) is 16.6. The van der Waals surface area contributed by atoms with Gasteiger partial charge in [0.1, 0.15) is 0 Å². The van der Waals surface area contributed by atoms with E-state index < -0.39 is 0 Å². The molecule has 0 fully saturated rings. The summed E-state index contributed by atoms with van der Waals surface area (Å²) >= 11 is 7.30. The first-order valence-corrected chi connectivity index (χ1v) is 9.63. The predicted octanol–water partition coefficient (Wildman–Crippen LogP) is 3.45. The summed E-state index contributed by atoms with van der Waals surface area (Å²) in [6.07, 6.45) is 0. The van der Waals surface area contributed by atoms with Gasteiger partial charge in [0.25, 0.3) is 0 Å². The number of hydrogen-bond donors (Lipinski definition) is 1. The highest BCUT2D eigenvalue weighted by Gasteiger charge is 2.22. The van der Waals surface area contributed by atoms with Gasteiger partial charge in [-0.3, -0.25) is 4.79 Å². The van der Waals surface area contributed by atoms with Crippen LogP contribution in [0, 0.1) is 0 Å². The van der Waals surface area contributed by atoms with E-state index >= 15 is 0 Å². The lowest BCUT2D eigenvalue weighted by Crippen LogP contribution is -2.33. The van der Waals surface area contributed by atoms with E-state index in [0.29, 0.717) is 22.5 Å². The van der Waals surface area contributed by atoms with Crippen LogP contribution in [0.3, 0.4) is 0 Å². The predicted molar refractivity (Wildman–Crippen MR) is 109 cm³/mol. The molecule has 1 amide bonds. The normalized spacial score (nSPS) is 12.0. The van der Waals surface area contributed by atoms with Crippen molar-refractivity contribution in [3.63, 3.8) is 0 Å². The summed E-state index contributed by atoms with van der Waals surface area (Å²) in [5, 5.41) is 8.98. The number of amides is 1. The van der Waals surface area contributed by atoms with Gasteiger partial charge in [0.15, 0.2) is 5.82 Å². The van der Waals surface area contributed by atoms with Crippen molar-refractivity contribution in [1.29, 1.82) is 0 Å². The first kappa shape index (κ1) is 19.3. The van der Waals surface area contributed by atoms with E-state index in [2.05, 4.69) is 10.2 Å². The number of thioether (sulfide) groups is 1. The van der Waals surface area contributed by atoms with Crippen LogP contribution in [0.1, 0.15) is 12.5 Å². The molecule has 0 saturated carbocycles. The maximum Gasteiger partial charge on any atom is 0.235 e. The molecule has 0 aliphatic heterocycles. The molecule has 2 aromatic carbocycles. The summed E-state index contributed by atoms with van der Waals surface area (Å²) in [4.78, 5) is 14.4. The van der Waals surface area contributed by atoms with Gasteiger partial charge in [-0.25, -0.2) is 4.68 Å². The van der Waals surface area contributed by atoms with Gasteiger partial charge in [0, 0.05) is 24.2 Å². The van der Waals surface area contributed by atoms with Gasteiger partial charge in [-0.05, 0) is 24.6 Å². The number of carbonyl (C=O) groups is 1. The molecule has 0 unspecified atom stereocenters. The monoisotopic (exact) mass is 401 g/mol. The molecular weight excluding hydrogens is 382 g/mol. The quantitative estimate of drug-likeness (QED) is 0.505. The van der Waals surface area contributed by atoms with Gasteiger partial charge in [-0.1, -0.05) is 65.8 Å². The second-order valence-electron chi connectivity index (χ2n) is 6.13. The van der Waals surface area contributed by atoms with E-state index in [-0.39, 0.29) is 11.2 Å². The van der Waals surface area contributed by atoms with Crippen LogP contribution in [-0.4, -0.2) is 38.0 Å². The Morgan fingerprint density at radius 3 is 2.67 bits per heavy atom. The Bertz CT molecular complexity index is 931. The lowest BCUT2D eigenvalue weighted by atomic mass is 10.2. The number of carbonyl (C=O) groups excluding carboxylic acids is 1. The molecule has 1 aromatic heterocycles. The van der Waals surface area contributed by atoms with E-state index in [0.717, 1.165) is 11.1 Å². The van der Waals surface area contributed by atoms with Crippen LogP contribution in [0.4, 0.5) is 0 Å². The van der Waals surface area contributed by atoms with Crippen molar-refractivity contribution in [1.82, 2.24) is 19.8 Å². The molecule has 0 saturated heterocycles. The zero-order chi connectivity index (χ0) is 19.4. The highest BCUT2D eigenvalue weighted by atomic mass is 35.5. The maximum absolute atomic E-state index is 12.7. The Labute approximate surface area is 167 Å². The van der Waals surface area contributed by atoms with Crippen LogP contribution >= 0.6 is 23.4 Å². The Morgan fingerprint density at radius 2 is 1.96 bits per heavy atom. The second kappa shape index (κ2) is 8.45. The van der Waals surface area contributed by atoms with Crippen molar-refractivity contribution < 1.29 is 4.79 Å². The fourth-order valence-electron chi connectivity index (χ4n) is 2.64. The van der Waals surface area contributed by atoms with Crippen molar-refractivity contribution >= 4 is 29.3 Å². The van der Waals surface area contributed by atoms with Crippen LogP contribution in [0.25, 0.3) is 11.4 Å². The van der Waals surface area contributed by atoms with Crippen LogP contribution in [-0.2, 0) is 11.3 Å². The molecule has 27 heavy (non-hydrogen) atoms. The third kappa shape index (κ3) is 4.61. The van der Waals surface area contributed by atoms with Gasteiger partial charge in [-0.15, -0.1) is 10.2 Å². The fraction of sp³-hybridized carbons (Fsp3) is 0.211. The molecule has 0 aliphatic carbocycles. The van der Waals surface area contributed by atoms with Gasteiger partial charge < -0.3 is 10.7 Å². The molecule has 0 spiro atoms. The number of halogens is 1. The largest absolute Gasteiger partial charge is 0.340 e. The van der Waals surface area contributed by atoms with Crippen LogP contribution < -0.4 is 5.84 Å². The number of benzene rings is 2. The third-order valence-electron chi connectivity index (χ3n) is 4.02. The summed E-state index contributed by atoms with van der Waals surface area (Å²) < 4.78 is 1.39. The van der Waals surface area contributed by atoms with Crippen molar-refractivity contribution in [3.8, 4) is 11.4 Å². The smallest absolute Gasteiger partial charge is 0.235 e. The summed E-state index contributed by atoms with van der Waals surface area (Å²) in [5.74, 6) is 6.63. The van der Waals surface area contributed by atoms with E-state index in [1.807, 2.05) is 49.4 Å². The standard InChI is InChI=1S/C19H20ClN5OS/c1-13(18(26)24(2)12-14-7-4-3-5-8-14)27-19-23-22-17(25(19)21)15-9-6-10-16(20)11-15/h3-11,13H,12,21H2,1-2H3/t13-/m0/s1. The minimum Gasteiger partial charge on any atom is -0.340 e. The molecule has 1 atom stereocenters. The Kier molecular flexibility index (Phi) is 6.03. The number of aromatic nitrogens is 3. The van der Waals surface area contributed by atoms with E-state index in [9.17, 15) is 4.79 Å². The topological polar surface area (TPSA) is 77.0 Å². The highest BCUT2D eigenvalue weighted by molar-refractivity contribution is 8.00. The molecule has 8 heteroatoms. The molecule has 2 N–H and O–H groups in total. The van der Waals surface area contributed by atoms with E-state index in [1.54, 1.807) is 24.1 Å². The Hall–Kier alpha value is -2.51. The van der Waals surface area contributed by atoms with Crippen molar-refractivity contribution in [3.05, 3.63) is 65.2 Å². The molecule has 0 radical (unpaired) electrons. The molecule has 0 bridgehead atoms. The third-order valence-corrected chi connectivity index (χ3v) is 5.30. The van der Waals surface area contributed by atoms with Crippen molar-refractivity contribution in [2.24, 2.45) is 0 Å². The first-order valence-electron chi connectivity index (χ1n) is 8.37. The molecule has 3 rings (SSSR count). The summed E-state index contributed by atoms with van der Waals surface area (Å²) in [6, 6.07) is 17.1. The minimum absolute atomic E-state index is 0.00356. The number of nitrogen functional groups attached to an aromatic ring is 1. The Balaban J connectivity index is 1.69. The van der Waals surface area contributed by atoms with Gasteiger partial charge >= 0.3 is 0 Å². The molecule has 3 aromatic rings. The molecule has 0 aliphatic rings. The van der Waals surface area contributed by atoms with E-state index in [4.69, 9.17) is 17.4 Å². The SMILES string of the molecule is C[C@H](Sc1nnc(-c2cccc(Cl)c2)n1N)C(=O)N(C)Cc1ccccc1. The fourth-order valence-corrected chi connectivity index (χ4v) is 3.71. The van der Waals surface area contributed by atoms with Gasteiger partial charge in [0.2, 0.25) is 11.1 Å². The second-order valence-corrected chi connectivity index (χ2v) is 7.87. The van der Waals surface area contributed by atoms with Crippen LogP contribution in [0.15, 0.2) is 59.8 Å². The highest BCUT2D eigenvalue weighted by Crippen LogP contribution is 2.26. The Morgan fingerprint density at radius 1 is 1.22 bits per heavy atom. The zero-order valence-electron chi connectivity index (χ0n) is 15.0. The number of rotatable bonds is 6. The molecule has 140 valence electrons. The number of nitrogens with zero attached hydrogens (tertiary/aromatic N) is 4. The number of nitrogens with two attached hydrogens (primary N) is 1. The van der Waals surface area contributed by atoms with Gasteiger partial charge in [-0.2, -0.15) is 0 Å². The van der Waals surface area contributed by atoms with Gasteiger partial charge in [0.05, 0.1) is 5.25 Å². The average Bonchev–Trinajstić information content (AvgIpc) is 3.02. The molecule has 6 nitrogen and oxygen atoms in total. The lowest BCUT2D eigenvalue weighted by Gasteiger charge is -2.21. The van der Waals surface area contributed by atoms with Crippen LogP contribution in [0.5, 0.6) is 0 Å². The maximum atomic E-state index is 12.7. The first-order chi connectivity index (χ1) is 13.0. The summed E-state index contributed by atoms with van der Waals surface area (Å²) in [7, 11) is 1.79. The summed E-state index contributed by atoms with van der Waals surface area (Å²) in [6.45, 7) is 2.38. The molecule has 1 heterocycles.